The van der Waals surface area contributed by atoms with Crippen LogP contribution < -0.4 is 0 Å². The Morgan fingerprint density at radius 1 is 1.12 bits per heavy atom. The van der Waals surface area contributed by atoms with Gasteiger partial charge in [0.1, 0.15) is 22.7 Å². The van der Waals surface area contributed by atoms with Gasteiger partial charge in [0.05, 0.1) is 5.56 Å². The Kier molecular flexibility index (Phi) is 3.53. The first kappa shape index (κ1) is 15.3. The molecular weight excluding hydrogens is 323 g/mol. The molecule has 0 saturated carbocycles. The number of carbonyl (C=O) groups is 1. The van der Waals surface area contributed by atoms with Crippen molar-refractivity contribution in [3.05, 3.63) is 41.7 Å². The van der Waals surface area contributed by atoms with Gasteiger partial charge in [-0.1, -0.05) is 17.3 Å². The number of halogens is 1. The molecule has 0 amide bonds. The van der Waals surface area contributed by atoms with Crippen LogP contribution in [0, 0.1) is 5.82 Å². The number of benzene rings is 2. The van der Waals surface area contributed by atoms with E-state index in [9.17, 15) is 24.5 Å². The van der Waals surface area contributed by atoms with Crippen LogP contribution in [0.15, 0.2) is 34.9 Å². The average Bonchev–Trinajstić information content (AvgIpc) is 3.00. The van der Waals surface area contributed by atoms with Crippen molar-refractivity contribution in [3.8, 4) is 40.1 Å². The van der Waals surface area contributed by atoms with Crippen LogP contribution >= 0.6 is 0 Å². The number of carboxylic acids is 1. The van der Waals surface area contributed by atoms with Crippen LogP contribution in [0.2, 0.25) is 0 Å². The summed E-state index contributed by atoms with van der Waals surface area (Å²) in [5.41, 5.74) is -1.23. The number of phenols is 3. The third-order valence-electron chi connectivity index (χ3n) is 3.24. The largest absolute Gasteiger partial charge is 0.506 e. The van der Waals surface area contributed by atoms with Crippen molar-refractivity contribution < 1.29 is 34.1 Å². The summed E-state index contributed by atoms with van der Waals surface area (Å²) in [6.45, 7) is 0. The molecule has 4 N–H and O–H groups in total. The van der Waals surface area contributed by atoms with Gasteiger partial charge in [0.25, 0.3) is 5.89 Å². The summed E-state index contributed by atoms with van der Waals surface area (Å²) in [4.78, 5) is 14.9. The first-order valence-corrected chi connectivity index (χ1v) is 6.50. The van der Waals surface area contributed by atoms with Gasteiger partial charge in [0.15, 0.2) is 11.5 Å². The number of aromatic hydroxyl groups is 3. The molecule has 0 bridgehead atoms. The average molecular weight is 332 g/mol. The van der Waals surface area contributed by atoms with Crippen molar-refractivity contribution >= 4 is 5.97 Å². The van der Waals surface area contributed by atoms with Gasteiger partial charge in [-0.2, -0.15) is 4.98 Å². The van der Waals surface area contributed by atoms with E-state index in [0.717, 1.165) is 0 Å². The Bertz CT molecular complexity index is 953. The molecule has 0 fully saturated rings. The van der Waals surface area contributed by atoms with Gasteiger partial charge < -0.3 is 24.9 Å². The Balaban J connectivity index is 2.18. The topological polar surface area (TPSA) is 137 Å². The summed E-state index contributed by atoms with van der Waals surface area (Å²) in [6.07, 6.45) is 0. The molecule has 8 nitrogen and oxygen atoms in total. The van der Waals surface area contributed by atoms with Crippen molar-refractivity contribution in [1.82, 2.24) is 10.1 Å². The summed E-state index contributed by atoms with van der Waals surface area (Å²) in [5, 5.41) is 42.0. The fourth-order valence-corrected chi connectivity index (χ4v) is 2.09. The number of aromatic carboxylic acids is 1. The lowest BCUT2D eigenvalue weighted by Crippen LogP contribution is -1.98. The standard InChI is InChI=1S/C15H9FN2O6/c16-8-4-2-1-3-6(8)14-17-13(18-24-14)10-11(20)7(15(22)23)5-9(19)12(10)21/h1-5,19-21H,(H,22,23). The van der Waals surface area contributed by atoms with E-state index in [1.165, 1.54) is 24.3 Å². The predicted molar refractivity (Wildman–Crippen MR) is 77.1 cm³/mol. The first-order valence-electron chi connectivity index (χ1n) is 6.50. The van der Waals surface area contributed by atoms with Crippen molar-refractivity contribution in [2.24, 2.45) is 0 Å². The Labute approximate surface area is 133 Å². The lowest BCUT2D eigenvalue weighted by Gasteiger charge is -2.08. The molecular formula is C15H9FN2O6. The molecule has 122 valence electrons. The molecule has 0 aliphatic carbocycles. The van der Waals surface area contributed by atoms with Gasteiger partial charge in [-0.3, -0.25) is 0 Å². The molecule has 2 aromatic carbocycles. The zero-order chi connectivity index (χ0) is 17.4. The predicted octanol–water partition coefficient (Wildman–Crippen LogP) is 2.36. The van der Waals surface area contributed by atoms with Crippen LogP contribution in [-0.4, -0.2) is 36.5 Å². The first-order chi connectivity index (χ1) is 11.4. The molecule has 1 heterocycles. The van der Waals surface area contributed by atoms with Crippen molar-refractivity contribution in [1.29, 1.82) is 0 Å². The second-order valence-electron chi connectivity index (χ2n) is 4.72. The third kappa shape index (κ3) is 2.37. The quantitative estimate of drug-likeness (QED) is 0.424. The number of phenolic OH excluding ortho intramolecular Hbond substituents is 2. The van der Waals surface area contributed by atoms with Crippen molar-refractivity contribution in [2.75, 3.05) is 0 Å². The van der Waals surface area contributed by atoms with E-state index in [1.54, 1.807) is 0 Å². The highest BCUT2D eigenvalue weighted by molar-refractivity contribution is 5.96. The van der Waals surface area contributed by atoms with Crippen molar-refractivity contribution in [2.45, 2.75) is 0 Å². The van der Waals surface area contributed by atoms with E-state index < -0.39 is 46.0 Å². The highest BCUT2D eigenvalue weighted by atomic mass is 19.1. The number of aromatic nitrogens is 2. The minimum absolute atomic E-state index is 0.0196. The van der Waals surface area contributed by atoms with Crippen LogP contribution in [0.1, 0.15) is 10.4 Å². The van der Waals surface area contributed by atoms with E-state index >= 15 is 0 Å². The molecule has 0 atom stereocenters. The van der Waals surface area contributed by atoms with E-state index in [0.29, 0.717) is 6.07 Å². The van der Waals surface area contributed by atoms with Crippen molar-refractivity contribution in [3.63, 3.8) is 0 Å². The maximum absolute atomic E-state index is 13.7. The van der Waals surface area contributed by atoms with E-state index in [1.807, 2.05) is 0 Å². The van der Waals surface area contributed by atoms with Crippen LogP contribution in [0.5, 0.6) is 17.2 Å². The SMILES string of the molecule is O=C(O)c1cc(O)c(O)c(-c2noc(-c3ccccc3F)n2)c1O. The van der Waals surface area contributed by atoms with Gasteiger partial charge in [0.2, 0.25) is 5.82 Å². The van der Waals surface area contributed by atoms with Gasteiger partial charge in [-0.15, -0.1) is 0 Å². The van der Waals surface area contributed by atoms with E-state index in [4.69, 9.17) is 9.63 Å². The lowest BCUT2D eigenvalue weighted by molar-refractivity contribution is 0.0693. The minimum Gasteiger partial charge on any atom is -0.506 e. The second kappa shape index (κ2) is 5.54. The molecule has 0 saturated heterocycles. The number of hydrogen-bond acceptors (Lipinski definition) is 7. The Morgan fingerprint density at radius 2 is 1.83 bits per heavy atom. The number of rotatable bonds is 3. The molecule has 0 unspecified atom stereocenters. The van der Waals surface area contributed by atoms with Crippen LogP contribution in [0.4, 0.5) is 4.39 Å². The van der Waals surface area contributed by atoms with E-state index in [2.05, 4.69) is 10.1 Å². The Morgan fingerprint density at radius 3 is 2.50 bits per heavy atom. The summed E-state index contributed by atoms with van der Waals surface area (Å²) < 4.78 is 18.6. The van der Waals surface area contributed by atoms with Gasteiger partial charge >= 0.3 is 5.97 Å². The number of nitrogens with zero attached hydrogens (tertiary/aromatic N) is 2. The lowest BCUT2D eigenvalue weighted by atomic mass is 10.1. The summed E-state index contributed by atoms with van der Waals surface area (Å²) in [6, 6.07) is 6.22. The monoisotopic (exact) mass is 332 g/mol. The fourth-order valence-electron chi connectivity index (χ4n) is 2.09. The molecule has 24 heavy (non-hydrogen) atoms. The second-order valence-corrected chi connectivity index (χ2v) is 4.72. The fraction of sp³-hybridized carbons (Fsp3) is 0. The molecule has 3 rings (SSSR count). The number of carboxylic acid groups (broad SMARTS) is 1. The van der Waals surface area contributed by atoms with Crippen LogP contribution in [0.3, 0.4) is 0 Å². The van der Waals surface area contributed by atoms with Crippen LogP contribution in [0.25, 0.3) is 22.8 Å². The maximum Gasteiger partial charge on any atom is 0.339 e. The summed E-state index contributed by atoms with van der Waals surface area (Å²) in [7, 11) is 0. The van der Waals surface area contributed by atoms with Gasteiger partial charge in [-0.25, -0.2) is 9.18 Å². The number of hydrogen-bond donors (Lipinski definition) is 4. The molecule has 0 aliphatic rings. The highest BCUT2D eigenvalue weighted by Crippen LogP contribution is 2.44. The normalized spacial score (nSPS) is 10.7. The molecule has 0 aliphatic heterocycles. The molecule has 3 aromatic rings. The minimum atomic E-state index is -1.54. The molecule has 9 heteroatoms. The zero-order valence-electron chi connectivity index (χ0n) is 11.8. The highest BCUT2D eigenvalue weighted by Gasteiger charge is 2.26. The maximum atomic E-state index is 13.7. The summed E-state index contributed by atoms with van der Waals surface area (Å²) >= 11 is 0. The molecule has 0 radical (unpaired) electrons. The van der Waals surface area contributed by atoms with Gasteiger partial charge in [-0.05, 0) is 12.1 Å². The summed E-state index contributed by atoms with van der Waals surface area (Å²) in [5.74, 6) is -5.33. The van der Waals surface area contributed by atoms with E-state index in [-0.39, 0.29) is 11.5 Å². The Hall–Kier alpha value is -3.62. The van der Waals surface area contributed by atoms with Crippen LogP contribution in [-0.2, 0) is 0 Å². The zero-order valence-corrected chi connectivity index (χ0v) is 11.8. The van der Waals surface area contributed by atoms with Gasteiger partial charge in [0, 0.05) is 6.07 Å². The smallest absolute Gasteiger partial charge is 0.339 e. The molecule has 0 spiro atoms. The third-order valence-corrected chi connectivity index (χ3v) is 3.24. The molecule has 1 aromatic heterocycles.